The molecule has 0 unspecified atom stereocenters. The number of non-ortho nitro benzene ring substituents is 1. The summed E-state index contributed by atoms with van der Waals surface area (Å²) in [6.07, 6.45) is 0. The Balaban J connectivity index is 3.10. The molecule has 63 valence electrons. The summed E-state index contributed by atoms with van der Waals surface area (Å²) in [6, 6.07) is 4.65. The lowest BCUT2D eigenvalue weighted by atomic mass is 10.1. The summed E-state index contributed by atoms with van der Waals surface area (Å²) in [5, 5.41) is 11.0. The van der Waals surface area contributed by atoms with Gasteiger partial charge >= 0.3 is 0 Å². The average molecular weight is 229 g/mol. The highest BCUT2D eigenvalue weighted by molar-refractivity contribution is 9.08. The van der Waals surface area contributed by atoms with Gasteiger partial charge in [0.1, 0.15) is 0 Å². The zero-order chi connectivity index (χ0) is 9.14. The Labute approximate surface area is 78.7 Å². The zero-order valence-electron chi connectivity index (χ0n) is 6.29. The molecule has 0 aliphatic rings. The summed E-state index contributed by atoms with van der Waals surface area (Å²) >= 11 is 3.26. The zero-order valence-corrected chi connectivity index (χ0v) is 7.87. The molecule has 0 spiro atoms. The van der Waals surface area contributed by atoms with Gasteiger partial charge in [-0.15, -0.1) is 0 Å². The van der Waals surface area contributed by atoms with Gasteiger partial charge in [0.25, 0.3) is 5.69 Å². The van der Waals surface area contributed by atoms with E-state index in [-0.39, 0.29) is 5.69 Å². The Bertz CT molecular complexity index is 312. The second-order valence-corrected chi connectivity index (χ2v) is 2.90. The van der Waals surface area contributed by atoms with Crippen molar-refractivity contribution in [2.24, 2.45) is 0 Å². The molecule has 0 N–H and O–H groups in total. The Kier molecular flexibility index (Phi) is 2.81. The van der Waals surface area contributed by atoms with E-state index < -0.39 is 4.92 Å². The van der Waals surface area contributed by atoms with Gasteiger partial charge in [0.2, 0.25) is 0 Å². The molecule has 0 aliphatic heterocycles. The van der Waals surface area contributed by atoms with Crippen molar-refractivity contribution in [2.75, 3.05) is 0 Å². The first-order valence-electron chi connectivity index (χ1n) is 3.30. The predicted octanol–water partition coefficient (Wildman–Crippen LogP) is 2.67. The Morgan fingerprint density at radius 2 is 2.25 bits per heavy atom. The maximum atomic E-state index is 10.3. The third kappa shape index (κ3) is 1.82. The van der Waals surface area contributed by atoms with Crippen LogP contribution >= 0.6 is 15.9 Å². The van der Waals surface area contributed by atoms with Crippen LogP contribution in [0.2, 0.25) is 0 Å². The molecule has 12 heavy (non-hydrogen) atoms. The minimum absolute atomic E-state index is 0.0877. The summed E-state index contributed by atoms with van der Waals surface area (Å²) in [4.78, 5) is 9.89. The molecule has 0 atom stereocenters. The minimum atomic E-state index is -0.424. The second kappa shape index (κ2) is 3.67. The van der Waals surface area contributed by atoms with Crippen LogP contribution in [-0.4, -0.2) is 4.92 Å². The SMILES string of the molecule is [CH2]c1cc([N+](=O)[O-])ccc1CBr. The Morgan fingerprint density at radius 3 is 2.67 bits per heavy atom. The molecular formula is C8H7BrNO2. The maximum Gasteiger partial charge on any atom is 0.269 e. The van der Waals surface area contributed by atoms with E-state index in [0.717, 1.165) is 5.56 Å². The van der Waals surface area contributed by atoms with Gasteiger partial charge in [0.15, 0.2) is 0 Å². The average Bonchev–Trinajstić information content (AvgIpc) is 2.04. The van der Waals surface area contributed by atoms with Crippen LogP contribution in [0.5, 0.6) is 0 Å². The van der Waals surface area contributed by atoms with Crippen LogP contribution in [0.15, 0.2) is 18.2 Å². The van der Waals surface area contributed by atoms with Crippen molar-refractivity contribution >= 4 is 21.6 Å². The fourth-order valence-electron chi connectivity index (χ4n) is 0.856. The van der Waals surface area contributed by atoms with Gasteiger partial charge in [-0.3, -0.25) is 10.1 Å². The van der Waals surface area contributed by atoms with Crippen LogP contribution in [0, 0.1) is 17.0 Å². The summed E-state index contributed by atoms with van der Waals surface area (Å²) in [7, 11) is 0. The number of halogens is 1. The molecule has 0 aromatic heterocycles. The molecular weight excluding hydrogens is 222 g/mol. The fraction of sp³-hybridized carbons (Fsp3) is 0.125. The molecule has 0 heterocycles. The van der Waals surface area contributed by atoms with Crippen molar-refractivity contribution in [3.63, 3.8) is 0 Å². The Hall–Kier alpha value is -0.900. The normalized spacial score (nSPS) is 9.83. The first kappa shape index (κ1) is 9.19. The van der Waals surface area contributed by atoms with Gasteiger partial charge in [-0.05, 0) is 18.1 Å². The fourth-order valence-corrected chi connectivity index (χ4v) is 1.40. The molecule has 1 rings (SSSR count). The van der Waals surface area contributed by atoms with Crippen molar-refractivity contribution in [1.82, 2.24) is 0 Å². The van der Waals surface area contributed by atoms with Gasteiger partial charge in [-0.1, -0.05) is 22.0 Å². The van der Waals surface area contributed by atoms with E-state index in [1.807, 2.05) is 0 Å². The van der Waals surface area contributed by atoms with Crippen molar-refractivity contribution < 1.29 is 4.92 Å². The van der Waals surface area contributed by atoms with E-state index in [2.05, 4.69) is 22.9 Å². The lowest BCUT2D eigenvalue weighted by Crippen LogP contribution is -1.90. The van der Waals surface area contributed by atoms with Gasteiger partial charge < -0.3 is 0 Å². The standard InChI is InChI=1S/C8H7BrNO2/c1-6-4-8(10(11)12)3-2-7(6)5-9/h2-4H,1,5H2. The van der Waals surface area contributed by atoms with Crippen LogP contribution in [0.4, 0.5) is 5.69 Å². The minimum Gasteiger partial charge on any atom is -0.258 e. The molecule has 0 saturated heterocycles. The number of nitro benzene ring substituents is 1. The number of nitro groups is 1. The number of rotatable bonds is 2. The van der Waals surface area contributed by atoms with Crippen molar-refractivity contribution in [2.45, 2.75) is 5.33 Å². The third-order valence-corrected chi connectivity index (χ3v) is 2.15. The van der Waals surface area contributed by atoms with Gasteiger partial charge in [-0.2, -0.15) is 0 Å². The molecule has 1 aromatic carbocycles. The van der Waals surface area contributed by atoms with Crippen molar-refractivity contribution in [3.8, 4) is 0 Å². The first-order chi connectivity index (χ1) is 5.65. The van der Waals surface area contributed by atoms with Crippen LogP contribution in [0.25, 0.3) is 0 Å². The van der Waals surface area contributed by atoms with Crippen LogP contribution in [-0.2, 0) is 5.33 Å². The lowest BCUT2D eigenvalue weighted by Gasteiger charge is -1.99. The molecule has 1 aromatic rings. The number of hydrogen-bond acceptors (Lipinski definition) is 2. The highest BCUT2D eigenvalue weighted by atomic mass is 79.9. The molecule has 0 amide bonds. The van der Waals surface area contributed by atoms with E-state index in [0.29, 0.717) is 10.9 Å². The second-order valence-electron chi connectivity index (χ2n) is 2.34. The largest absolute Gasteiger partial charge is 0.269 e. The number of hydrogen-bond donors (Lipinski definition) is 0. The quantitative estimate of drug-likeness (QED) is 0.444. The molecule has 0 saturated carbocycles. The van der Waals surface area contributed by atoms with Gasteiger partial charge in [0, 0.05) is 17.5 Å². The van der Waals surface area contributed by atoms with Crippen molar-refractivity contribution in [1.29, 1.82) is 0 Å². The molecule has 3 nitrogen and oxygen atoms in total. The predicted molar refractivity (Wildman–Crippen MR) is 50.2 cm³/mol. The summed E-state index contributed by atoms with van der Waals surface area (Å²) < 4.78 is 0. The highest BCUT2D eigenvalue weighted by Gasteiger charge is 2.06. The highest BCUT2D eigenvalue weighted by Crippen LogP contribution is 2.18. The van der Waals surface area contributed by atoms with Crippen molar-refractivity contribution in [3.05, 3.63) is 46.4 Å². The Morgan fingerprint density at radius 1 is 1.58 bits per heavy atom. The van der Waals surface area contributed by atoms with Crippen LogP contribution < -0.4 is 0 Å². The van der Waals surface area contributed by atoms with Gasteiger partial charge in [-0.25, -0.2) is 0 Å². The van der Waals surface area contributed by atoms with E-state index in [9.17, 15) is 10.1 Å². The number of alkyl halides is 1. The van der Waals surface area contributed by atoms with E-state index >= 15 is 0 Å². The van der Waals surface area contributed by atoms with Gasteiger partial charge in [0.05, 0.1) is 4.92 Å². The lowest BCUT2D eigenvalue weighted by molar-refractivity contribution is -0.384. The summed E-state index contributed by atoms with van der Waals surface area (Å²) in [5.41, 5.74) is 1.76. The van der Waals surface area contributed by atoms with Crippen LogP contribution in [0.1, 0.15) is 11.1 Å². The molecule has 1 radical (unpaired) electrons. The summed E-state index contributed by atoms with van der Waals surface area (Å²) in [6.45, 7) is 3.70. The molecule has 4 heteroatoms. The number of benzene rings is 1. The van der Waals surface area contributed by atoms with Crippen LogP contribution in [0.3, 0.4) is 0 Å². The maximum absolute atomic E-state index is 10.3. The molecule has 0 aliphatic carbocycles. The monoisotopic (exact) mass is 228 g/mol. The summed E-state index contributed by atoms with van der Waals surface area (Å²) in [5.74, 6) is 0. The molecule has 0 fully saturated rings. The van der Waals surface area contributed by atoms with E-state index in [4.69, 9.17) is 0 Å². The number of nitrogens with zero attached hydrogens (tertiary/aromatic N) is 1. The smallest absolute Gasteiger partial charge is 0.258 e. The topological polar surface area (TPSA) is 43.1 Å². The van der Waals surface area contributed by atoms with E-state index in [1.165, 1.54) is 12.1 Å². The molecule has 0 bridgehead atoms. The third-order valence-electron chi connectivity index (χ3n) is 1.54. The first-order valence-corrected chi connectivity index (χ1v) is 4.42. The van der Waals surface area contributed by atoms with E-state index in [1.54, 1.807) is 6.07 Å².